The number of carbonyl (C=O) groups excluding carboxylic acids is 1. The van der Waals surface area contributed by atoms with E-state index in [0.717, 1.165) is 11.3 Å². The van der Waals surface area contributed by atoms with Gasteiger partial charge in [0.05, 0.1) is 18.0 Å². The van der Waals surface area contributed by atoms with Crippen molar-refractivity contribution >= 4 is 18.3 Å². The fraction of sp³-hybridized carbons (Fsp3) is 0.500. The van der Waals surface area contributed by atoms with E-state index in [0.29, 0.717) is 26.0 Å². The second-order valence-corrected chi connectivity index (χ2v) is 7.48. The molecule has 1 aliphatic rings. The molecule has 1 heterocycles. The van der Waals surface area contributed by atoms with Crippen molar-refractivity contribution in [1.29, 1.82) is 0 Å². The zero-order valence-electron chi connectivity index (χ0n) is 16.1. The first kappa shape index (κ1) is 21.4. The smallest absolute Gasteiger partial charge is 0.240 e. The predicted octanol–water partition coefficient (Wildman–Crippen LogP) is 2.49. The molecule has 1 aromatic carbocycles. The van der Waals surface area contributed by atoms with Gasteiger partial charge in [-0.1, -0.05) is 32.0 Å². The normalized spacial score (nSPS) is 23.2. The maximum Gasteiger partial charge on any atom is 0.240 e. The molecule has 1 saturated carbocycles. The average Bonchev–Trinajstić information content (AvgIpc) is 3.11. The molecule has 1 aliphatic carbocycles. The number of carbonyl (C=O) groups is 1. The highest BCUT2D eigenvalue weighted by Gasteiger charge is 2.62. The summed E-state index contributed by atoms with van der Waals surface area (Å²) in [4.78, 5) is 12.6. The molecule has 27 heavy (non-hydrogen) atoms. The van der Waals surface area contributed by atoms with Gasteiger partial charge in [-0.15, -0.1) is 12.4 Å². The lowest BCUT2D eigenvalue weighted by molar-refractivity contribution is -0.170. The zero-order chi connectivity index (χ0) is 18.8. The van der Waals surface area contributed by atoms with E-state index in [-0.39, 0.29) is 29.8 Å². The third-order valence-electron chi connectivity index (χ3n) is 5.59. The number of halogens is 1. The summed E-state index contributed by atoms with van der Waals surface area (Å²) in [7, 11) is 0. The van der Waals surface area contributed by atoms with Crippen LogP contribution in [0.3, 0.4) is 0 Å². The number of rotatable bonds is 7. The summed E-state index contributed by atoms with van der Waals surface area (Å²) in [5, 5.41) is 7.36. The zero-order valence-corrected chi connectivity index (χ0v) is 17.0. The molecule has 2 aromatic rings. The lowest BCUT2D eigenvalue weighted by atomic mass is 9.54. The van der Waals surface area contributed by atoms with Crippen LogP contribution in [0, 0.1) is 5.41 Å². The van der Waals surface area contributed by atoms with Gasteiger partial charge in [-0.3, -0.25) is 4.79 Å². The maximum absolute atomic E-state index is 12.6. The highest BCUT2D eigenvalue weighted by Crippen LogP contribution is 2.49. The largest absolute Gasteiger partial charge is 0.378 e. The Kier molecular flexibility index (Phi) is 6.68. The van der Waals surface area contributed by atoms with Crippen LogP contribution in [0.5, 0.6) is 0 Å². The van der Waals surface area contributed by atoms with Crippen LogP contribution in [-0.2, 0) is 16.0 Å². The van der Waals surface area contributed by atoms with Crippen molar-refractivity contribution in [2.75, 3.05) is 13.2 Å². The van der Waals surface area contributed by atoms with Crippen LogP contribution >= 0.6 is 12.4 Å². The Balaban J connectivity index is 0.00000261. The molecule has 0 saturated heterocycles. The van der Waals surface area contributed by atoms with Crippen LogP contribution < -0.4 is 11.1 Å². The van der Waals surface area contributed by atoms with Gasteiger partial charge in [0.25, 0.3) is 0 Å². The van der Waals surface area contributed by atoms with Crippen LogP contribution in [0.4, 0.5) is 0 Å². The molecule has 1 aromatic heterocycles. The fourth-order valence-corrected chi connectivity index (χ4v) is 3.51. The lowest BCUT2D eigenvalue weighted by Crippen LogP contribution is -2.75. The number of nitrogens with two attached hydrogens (primary N) is 1. The van der Waals surface area contributed by atoms with E-state index in [1.54, 1.807) is 0 Å². The molecule has 7 heteroatoms. The minimum atomic E-state index is -0.874. The minimum Gasteiger partial charge on any atom is -0.378 e. The van der Waals surface area contributed by atoms with Crippen molar-refractivity contribution in [3.63, 3.8) is 0 Å². The minimum absolute atomic E-state index is 0. The average molecular weight is 393 g/mol. The Morgan fingerprint density at radius 1 is 1.37 bits per heavy atom. The first-order valence-electron chi connectivity index (χ1n) is 9.16. The summed E-state index contributed by atoms with van der Waals surface area (Å²) in [5.41, 5.74) is 7.24. The maximum atomic E-state index is 12.6. The molecule has 0 bridgehead atoms. The Morgan fingerprint density at radius 2 is 2.07 bits per heavy atom. The van der Waals surface area contributed by atoms with E-state index in [9.17, 15) is 4.79 Å². The number of amides is 1. The molecular formula is C20H29ClN4O2. The van der Waals surface area contributed by atoms with Gasteiger partial charge in [0.2, 0.25) is 5.91 Å². The summed E-state index contributed by atoms with van der Waals surface area (Å²) in [6, 6.07) is 9.94. The van der Waals surface area contributed by atoms with E-state index in [2.05, 4.69) is 10.4 Å². The third kappa shape index (κ3) is 4.03. The van der Waals surface area contributed by atoms with Crippen molar-refractivity contribution in [3.8, 4) is 5.69 Å². The number of benzene rings is 1. The summed E-state index contributed by atoms with van der Waals surface area (Å²) < 4.78 is 7.52. The molecule has 2 unspecified atom stereocenters. The molecule has 3 N–H and O–H groups in total. The molecule has 1 amide bonds. The van der Waals surface area contributed by atoms with Crippen LogP contribution in [-0.4, -0.2) is 40.5 Å². The Morgan fingerprint density at radius 3 is 2.70 bits per heavy atom. The van der Waals surface area contributed by atoms with Gasteiger partial charge in [0.1, 0.15) is 5.54 Å². The number of nitrogens with one attached hydrogen (secondary N) is 1. The molecule has 6 nitrogen and oxygen atoms in total. The molecule has 1 fully saturated rings. The van der Waals surface area contributed by atoms with E-state index < -0.39 is 5.54 Å². The van der Waals surface area contributed by atoms with Crippen molar-refractivity contribution in [2.45, 2.75) is 45.3 Å². The summed E-state index contributed by atoms with van der Waals surface area (Å²) in [5.74, 6) is -0.103. The number of hydrogen-bond acceptors (Lipinski definition) is 4. The van der Waals surface area contributed by atoms with Crippen molar-refractivity contribution in [1.82, 2.24) is 15.1 Å². The van der Waals surface area contributed by atoms with E-state index in [1.165, 1.54) is 0 Å². The highest BCUT2D eigenvalue weighted by molar-refractivity contribution is 5.88. The number of para-hydroxylation sites is 1. The molecule has 2 atom stereocenters. The van der Waals surface area contributed by atoms with Gasteiger partial charge in [0.15, 0.2) is 0 Å². The number of nitrogens with zero attached hydrogens (tertiary/aromatic N) is 2. The SMILES string of the molecule is CCOC1CC(N)(C(=O)NCCc2cnn(-c3ccccc3)c2)C1(C)C.Cl. The first-order valence-corrected chi connectivity index (χ1v) is 9.16. The molecule has 0 aliphatic heterocycles. The van der Waals surface area contributed by atoms with Crippen LogP contribution in [0.2, 0.25) is 0 Å². The Hall–Kier alpha value is -1.89. The molecule has 0 radical (unpaired) electrons. The standard InChI is InChI=1S/C20H28N4O2.ClH/c1-4-26-17-12-20(21,19(17,2)3)18(25)22-11-10-15-13-23-24(14-15)16-8-6-5-7-9-16;/h5-9,13-14,17H,4,10-12,21H2,1-3H3,(H,22,25);1H. The van der Waals surface area contributed by atoms with E-state index in [1.807, 2.05) is 68.2 Å². The van der Waals surface area contributed by atoms with Crippen molar-refractivity contribution < 1.29 is 9.53 Å². The van der Waals surface area contributed by atoms with Crippen molar-refractivity contribution in [2.24, 2.45) is 11.1 Å². The number of ether oxygens (including phenoxy) is 1. The summed E-state index contributed by atoms with van der Waals surface area (Å²) in [6.45, 7) is 7.13. The number of hydrogen-bond donors (Lipinski definition) is 2. The van der Waals surface area contributed by atoms with E-state index in [4.69, 9.17) is 10.5 Å². The quantitative estimate of drug-likeness (QED) is 0.758. The first-order chi connectivity index (χ1) is 12.4. The third-order valence-corrected chi connectivity index (χ3v) is 5.59. The molecular weight excluding hydrogens is 364 g/mol. The van der Waals surface area contributed by atoms with Gasteiger partial charge < -0.3 is 15.8 Å². The highest BCUT2D eigenvalue weighted by atomic mass is 35.5. The number of aromatic nitrogens is 2. The molecule has 0 spiro atoms. The molecule has 3 rings (SSSR count). The predicted molar refractivity (Wildman–Crippen MR) is 108 cm³/mol. The van der Waals surface area contributed by atoms with Gasteiger partial charge in [-0.25, -0.2) is 4.68 Å². The topological polar surface area (TPSA) is 82.2 Å². The summed E-state index contributed by atoms with van der Waals surface area (Å²) in [6.07, 6.45) is 5.12. The van der Waals surface area contributed by atoms with Crippen LogP contribution in [0.25, 0.3) is 5.69 Å². The Labute approximate surface area is 166 Å². The van der Waals surface area contributed by atoms with Gasteiger partial charge in [-0.2, -0.15) is 5.10 Å². The van der Waals surface area contributed by atoms with Crippen molar-refractivity contribution in [3.05, 3.63) is 48.3 Å². The summed E-state index contributed by atoms with van der Waals surface area (Å²) >= 11 is 0. The van der Waals surface area contributed by atoms with Gasteiger partial charge in [0, 0.05) is 31.2 Å². The van der Waals surface area contributed by atoms with E-state index >= 15 is 0 Å². The second kappa shape index (κ2) is 8.42. The van der Waals surface area contributed by atoms with Gasteiger partial charge in [-0.05, 0) is 31.0 Å². The Bertz CT molecular complexity index is 762. The second-order valence-electron chi connectivity index (χ2n) is 7.48. The van der Waals surface area contributed by atoms with Crippen LogP contribution in [0.1, 0.15) is 32.8 Å². The lowest BCUT2D eigenvalue weighted by Gasteiger charge is -2.57. The monoisotopic (exact) mass is 392 g/mol. The fourth-order valence-electron chi connectivity index (χ4n) is 3.51. The van der Waals surface area contributed by atoms with Gasteiger partial charge >= 0.3 is 0 Å². The molecule has 148 valence electrons. The van der Waals surface area contributed by atoms with Crippen LogP contribution in [0.15, 0.2) is 42.7 Å².